The highest BCUT2D eigenvalue weighted by Crippen LogP contribution is 2.17. The van der Waals surface area contributed by atoms with E-state index in [-0.39, 0.29) is 18.4 Å². The van der Waals surface area contributed by atoms with Gasteiger partial charge in [0.05, 0.1) is 13.2 Å². The summed E-state index contributed by atoms with van der Waals surface area (Å²) in [6, 6.07) is 14.4. The summed E-state index contributed by atoms with van der Waals surface area (Å²) in [5.74, 6) is 0.588. The van der Waals surface area contributed by atoms with E-state index < -0.39 is 0 Å². The zero-order valence-corrected chi connectivity index (χ0v) is 16.1. The van der Waals surface area contributed by atoms with Gasteiger partial charge in [0.15, 0.2) is 0 Å². The minimum Gasteiger partial charge on any atom is -0.494 e. The molecular formula is C21H27N3O3. The van der Waals surface area contributed by atoms with E-state index in [1.807, 2.05) is 45.0 Å². The zero-order chi connectivity index (χ0) is 19.6. The van der Waals surface area contributed by atoms with Crippen molar-refractivity contribution in [2.24, 2.45) is 0 Å². The summed E-state index contributed by atoms with van der Waals surface area (Å²) >= 11 is 0. The molecule has 0 spiro atoms. The lowest BCUT2D eigenvalue weighted by atomic mass is 10.1. The van der Waals surface area contributed by atoms with Crippen molar-refractivity contribution in [2.75, 3.05) is 36.9 Å². The molecule has 0 heterocycles. The molecule has 0 unspecified atom stereocenters. The third-order valence-corrected chi connectivity index (χ3v) is 4.06. The fraction of sp³-hybridized carbons (Fsp3) is 0.333. The number of amides is 2. The molecule has 0 aliphatic carbocycles. The van der Waals surface area contributed by atoms with Crippen molar-refractivity contribution in [3.63, 3.8) is 0 Å². The van der Waals surface area contributed by atoms with Crippen molar-refractivity contribution in [1.82, 2.24) is 4.90 Å². The van der Waals surface area contributed by atoms with Gasteiger partial charge in [-0.05, 0) is 57.2 Å². The van der Waals surface area contributed by atoms with Crippen molar-refractivity contribution in [3.8, 4) is 5.75 Å². The molecule has 0 aromatic heterocycles. The van der Waals surface area contributed by atoms with Gasteiger partial charge in [0.25, 0.3) is 5.91 Å². The largest absolute Gasteiger partial charge is 0.494 e. The van der Waals surface area contributed by atoms with Gasteiger partial charge in [0, 0.05) is 36.1 Å². The molecule has 2 rings (SSSR count). The smallest absolute Gasteiger partial charge is 0.253 e. The van der Waals surface area contributed by atoms with E-state index in [9.17, 15) is 9.59 Å². The van der Waals surface area contributed by atoms with Crippen LogP contribution >= 0.6 is 0 Å². The third-order valence-electron chi connectivity index (χ3n) is 4.06. The number of nitrogens with zero attached hydrogens (tertiary/aromatic N) is 1. The quantitative estimate of drug-likeness (QED) is 0.708. The lowest BCUT2D eigenvalue weighted by molar-refractivity contribution is -0.114. The predicted octanol–water partition coefficient (Wildman–Crippen LogP) is 3.62. The number of carbonyl (C=O) groups is 2. The summed E-state index contributed by atoms with van der Waals surface area (Å²) in [7, 11) is 0. The molecular weight excluding hydrogens is 342 g/mol. The monoisotopic (exact) mass is 369 g/mol. The zero-order valence-electron chi connectivity index (χ0n) is 16.1. The van der Waals surface area contributed by atoms with Gasteiger partial charge in [-0.25, -0.2) is 0 Å². The number of rotatable bonds is 9. The lowest BCUT2D eigenvalue weighted by Gasteiger charge is -2.18. The molecule has 0 aliphatic heterocycles. The summed E-state index contributed by atoms with van der Waals surface area (Å²) in [5.41, 5.74) is 2.08. The minimum absolute atomic E-state index is 0.00581. The molecule has 6 nitrogen and oxygen atoms in total. The molecule has 0 bridgehead atoms. The van der Waals surface area contributed by atoms with Crippen LogP contribution < -0.4 is 15.4 Å². The molecule has 2 aromatic carbocycles. The number of nitrogens with one attached hydrogen (secondary N) is 2. The third kappa shape index (κ3) is 6.02. The van der Waals surface area contributed by atoms with Gasteiger partial charge in [-0.1, -0.05) is 6.07 Å². The van der Waals surface area contributed by atoms with Crippen LogP contribution in [0.25, 0.3) is 0 Å². The Morgan fingerprint density at radius 3 is 2.30 bits per heavy atom. The first-order chi connectivity index (χ1) is 13.1. The molecule has 0 radical (unpaired) electrons. The second kappa shape index (κ2) is 10.2. The molecule has 2 N–H and O–H groups in total. The molecule has 6 heteroatoms. The van der Waals surface area contributed by atoms with Gasteiger partial charge in [-0.15, -0.1) is 0 Å². The Morgan fingerprint density at radius 1 is 0.963 bits per heavy atom. The number of anilines is 2. The normalized spacial score (nSPS) is 10.2. The van der Waals surface area contributed by atoms with Gasteiger partial charge in [0.1, 0.15) is 5.75 Å². The number of carbonyl (C=O) groups excluding carboxylic acids is 2. The van der Waals surface area contributed by atoms with E-state index in [2.05, 4.69) is 10.6 Å². The summed E-state index contributed by atoms with van der Waals surface area (Å²) in [6.45, 7) is 7.90. The molecule has 0 saturated carbocycles. The molecule has 144 valence electrons. The van der Waals surface area contributed by atoms with Crippen molar-refractivity contribution in [3.05, 3.63) is 54.1 Å². The van der Waals surface area contributed by atoms with Crippen LogP contribution in [0, 0.1) is 0 Å². The number of ether oxygens (including phenoxy) is 1. The van der Waals surface area contributed by atoms with Gasteiger partial charge >= 0.3 is 0 Å². The van der Waals surface area contributed by atoms with Gasteiger partial charge in [-0.2, -0.15) is 0 Å². The first-order valence-corrected chi connectivity index (χ1v) is 9.23. The maximum Gasteiger partial charge on any atom is 0.253 e. The highest BCUT2D eigenvalue weighted by molar-refractivity contribution is 5.96. The van der Waals surface area contributed by atoms with Crippen molar-refractivity contribution < 1.29 is 14.3 Å². The Morgan fingerprint density at radius 2 is 1.67 bits per heavy atom. The maximum atomic E-state index is 12.3. The van der Waals surface area contributed by atoms with E-state index in [0.29, 0.717) is 30.9 Å². The fourth-order valence-corrected chi connectivity index (χ4v) is 2.64. The first-order valence-electron chi connectivity index (χ1n) is 9.23. The SMILES string of the molecule is CCOc1cccc(NCC(=O)Nc2ccc(C(=O)N(CC)CC)cc2)c1. The molecule has 0 fully saturated rings. The Kier molecular flexibility index (Phi) is 7.67. The first kappa shape index (κ1) is 20.3. The maximum absolute atomic E-state index is 12.3. The molecule has 0 saturated heterocycles. The average molecular weight is 369 g/mol. The van der Waals surface area contributed by atoms with E-state index in [1.54, 1.807) is 29.2 Å². The van der Waals surface area contributed by atoms with Crippen LogP contribution in [0.4, 0.5) is 11.4 Å². The Bertz CT molecular complexity index is 756. The van der Waals surface area contributed by atoms with Crippen molar-refractivity contribution in [2.45, 2.75) is 20.8 Å². The molecule has 0 aliphatic rings. The number of hydrogen-bond acceptors (Lipinski definition) is 4. The van der Waals surface area contributed by atoms with Crippen molar-refractivity contribution in [1.29, 1.82) is 0 Å². The Balaban J connectivity index is 1.88. The van der Waals surface area contributed by atoms with E-state index in [0.717, 1.165) is 11.4 Å². The van der Waals surface area contributed by atoms with Gasteiger partial charge in [-0.3, -0.25) is 9.59 Å². The highest BCUT2D eigenvalue weighted by Gasteiger charge is 2.12. The highest BCUT2D eigenvalue weighted by atomic mass is 16.5. The lowest BCUT2D eigenvalue weighted by Crippen LogP contribution is -2.30. The molecule has 2 amide bonds. The van der Waals surface area contributed by atoms with Crippen LogP contribution in [0.3, 0.4) is 0 Å². The number of hydrogen-bond donors (Lipinski definition) is 2. The molecule has 2 aromatic rings. The predicted molar refractivity (Wildman–Crippen MR) is 108 cm³/mol. The topological polar surface area (TPSA) is 70.7 Å². The van der Waals surface area contributed by atoms with Crippen LogP contribution in [0.15, 0.2) is 48.5 Å². The summed E-state index contributed by atoms with van der Waals surface area (Å²) < 4.78 is 5.44. The Labute approximate surface area is 160 Å². The van der Waals surface area contributed by atoms with E-state index in [1.165, 1.54) is 0 Å². The van der Waals surface area contributed by atoms with E-state index in [4.69, 9.17) is 4.74 Å². The van der Waals surface area contributed by atoms with Crippen LogP contribution in [0.1, 0.15) is 31.1 Å². The summed E-state index contributed by atoms with van der Waals surface area (Å²) in [5, 5.41) is 5.89. The number of benzene rings is 2. The summed E-state index contributed by atoms with van der Waals surface area (Å²) in [6.07, 6.45) is 0. The van der Waals surface area contributed by atoms with Crippen LogP contribution in [-0.4, -0.2) is 43.0 Å². The van der Waals surface area contributed by atoms with Crippen LogP contribution in [-0.2, 0) is 4.79 Å². The van der Waals surface area contributed by atoms with Gasteiger partial charge < -0.3 is 20.3 Å². The molecule has 0 atom stereocenters. The average Bonchev–Trinajstić information content (AvgIpc) is 2.68. The fourth-order valence-electron chi connectivity index (χ4n) is 2.64. The second-order valence-electron chi connectivity index (χ2n) is 5.92. The standard InChI is InChI=1S/C21H27N3O3/c1-4-24(5-2)21(26)16-10-12-17(13-11-16)23-20(25)15-22-18-8-7-9-19(14-18)27-6-3/h7-14,22H,4-6,15H2,1-3H3,(H,23,25). The van der Waals surface area contributed by atoms with Crippen molar-refractivity contribution >= 4 is 23.2 Å². The van der Waals surface area contributed by atoms with E-state index >= 15 is 0 Å². The van der Waals surface area contributed by atoms with Gasteiger partial charge in [0.2, 0.25) is 5.91 Å². The van der Waals surface area contributed by atoms with Crippen LogP contribution in [0.2, 0.25) is 0 Å². The minimum atomic E-state index is -0.167. The van der Waals surface area contributed by atoms with Crippen LogP contribution in [0.5, 0.6) is 5.75 Å². The molecule has 27 heavy (non-hydrogen) atoms. The Hall–Kier alpha value is -3.02. The second-order valence-corrected chi connectivity index (χ2v) is 5.92. The summed E-state index contributed by atoms with van der Waals surface area (Å²) in [4.78, 5) is 26.2.